The molecule has 5 rings (SSSR count). The third-order valence-corrected chi connectivity index (χ3v) is 13.2. The SMILES string of the molecule is C=C(CC)N(NC1CCC2(C)CC(NC)(C3CCC(CCCCC(C)C)C3(C)CCC)CC=C2C1)c1c(C)c(N)nc2ccccc12. The summed E-state index contributed by atoms with van der Waals surface area (Å²) < 4.78 is 0. The quantitative estimate of drug-likeness (QED) is 0.109. The van der Waals surface area contributed by atoms with Crippen LogP contribution in [0.1, 0.15) is 137 Å². The van der Waals surface area contributed by atoms with Gasteiger partial charge in [-0.25, -0.2) is 10.4 Å². The van der Waals surface area contributed by atoms with Gasteiger partial charge in [0.05, 0.1) is 11.2 Å². The van der Waals surface area contributed by atoms with Gasteiger partial charge in [0.2, 0.25) is 0 Å². The molecule has 0 radical (unpaired) electrons. The van der Waals surface area contributed by atoms with Gasteiger partial charge in [0.1, 0.15) is 5.82 Å². The Morgan fingerprint density at radius 2 is 1.89 bits per heavy atom. The number of anilines is 2. The summed E-state index contributed by atoms with van der Waals surface area (Å²) in [5.74, 6) is 3.01. The molecule has 1 aromatic carbocycles. The molecule has 0 saturated heterocycles. The molecule has 260 valence electrons. The fraction of sp³-hybridized carbons (Fsp3) is 0.690. The van der Waals surface area contributed by atoms with Crippen LogP contribution >= 0.6 is 0 Å². The van der Waals surface area contributed by atoms with Crippen molar-refractivity contribution in [1.82, 2.24) is 15.7 Å². The molecule has 1 aromatic heterocycles. The number of nitrogens with one attached hydrogen (secondary N) is 2. The minimum atomic E-state index is 0.183. The Bertz CT molecular complexity index is 1430. The van der Waals surface area contributed by atoms with E-state index < -0.39 is 0 Å². The van der Waals surface area contributed by atoms with Gasteiger partial charge in [-0.15, -0.1) is 0 Å². The minimum Gasteiger partial charge on any atom is -0.383 e. The van der Waals surface area contributed by atoms with Gasteiger partial charge in [-0.1, -0.05) is 104 Å². The smallest absolute Gasteiger partial charge is 0.129 e. The van der Waals surface area contributed by atoms with E-state index in [2.05, 4.69) is 102 Å². The van der Waals surface area contributed by atoms with Crippen molar-refractivity contribution in [2.45, 2.75) is 150 Å². The van der Waals surface area contributed by atoms with Crippen molar-refractivity contribution in [2.75, 3.05) is 17.8 Å². The molecule has 0 spiro atoms. The summed E-state index contributed by atoms with van der Waals surface area (Å²) >= 11 is 0. The van der Waals surface area contributed by atoms with Gasteiger partial charge in [0.15, 0.2) is 0 Å². The van der Waals surface area contributed by atoms with Crippen molar-refractivity contribution in [3.8, 4) is 0 Å². The highest BCUT2D eigenvalue weighted by atomic mass is 15.5. The Morgan fingerprint density at radius 1 is 1.13 bits per heavy atom. The van der Waals surface area contributed by atoms with Gasteiger partial charge in [-0.2, -0.15) is 0 Å². The number of hydrazine groups is 1. The lowest BCUT2D eigenvalue weighted by atomic mass is 9.53. The standard InChI is InChI=1S/C42H67N5/c1-10-24-41(8)32(17-13-12-16-29(3)4)20-21-37(41)42(44-9)26-22-33-27-34(23-25-40(33,7)28-42)46-47(30(5)11-2)38-31(6)39(43)45-36-19-15-14-18-35(36)38/h14-15,18-19,22,29,32,34,37,44,46H,5,10-13,16-17,20-21,23-28H2,1-4,6-9H3,(H2,43,45). The maximum atomic E-state index is 6.47. The van der Waals surface area contributed by atoms with Gasteiger partial charge < -0.3 is 11.1 Å². The molecule has 0 amide bonds. The van der Waals surface area contributed by atoms with Crippen LogP contribution in [0.4, 0.5) is 11.5 Å². The van der Waals surface area contributed by atoms with Crippen LogP contribution in [0.5, 0.6) is 0 Å². The fourth-order valence-electron chi connectivity index (χ4n) is 10.4. The van der Waals surface area contributed by atoms with Crippen molar-refractivity contribution < 1.29 is 0 Å². The summed E-state index contributed by atoms with van der Waals surface area (Å²) in [7, 11) is 2.28. The number of rotatable bonds is 14. The average molecular weight is 642 g/mol. The number of allylic oxidation sites excluding steroid dienone is 1. The number of nitrogens with two attached hydrogens (primary N) is 1. The molecule has 2 fully saturated rings. The van der Waals surface area contributed by atoms with Crippen LogP contribution in [-0.2, 0) is 0 Å². The largest absolute Gasteiger partial charge is 0.383 e. The summed E-state index contributed by atoms with van der Waals surface area (Å²) in [5.41, 5.74) is 17.0. The van der Waals surface area contributed by atoms with E-state index in [0.717, 1.165) is 71.3 Å². The lowest BCUT2D eigenvalue weighted by Gasteiger charge is -2.56. The molecule has 1 heterocycles. The van der Waals surface area contributed by atoms with Crippen molar-refractivity contribution in [3.63, 3.8) is 0 Å². The van der Waals surface area contributed by atoms with Gasteiger partial charge >= 0.3 is 0 Å². The van der Waals surface area contributed by atoms with Gasteiger partial charge in [0.25, 0.3) is 0 Å². The molecule has 6 unspecified atom stereocenters. The zero-order valence-electron chi connectivity index (χ0n) is 31.3. The number of benzene rings is 1. The van der Waals surface area contributed by atoms with E-state index in [1.54, 1.807) is 5.57 Å². The second-order valence-electron chi connectivity index (χ2n) is 16.6. The molecular formula is C42H67N5. The van der Waals surface area contributed by atoms with Crippen molar-refractivity contribution >= 4 is 22.4 Å². The number of nitrogen functional groups attached to an aromatic ring is 1. The predicted octanol–water partition coefficient (Wildman–Crippen LogP) is 10.6. The normalized spacial score (nSPS) is 30.8. The maximum Gasteiger partial charge on any atom is 0.129 e. The average Bonchev–Trinajstić information content (AvgIpc) is 3.38. The topological polar surface area (TPSA) is 66.2 Å². The number of para-hydroxylation sites is 1. The summed E-state index contributed by atoms with van der Waals surface area (Å²) in [6.45, 7) is 21.2. The maximum absolute atomic E-state index is 6.47. The second-order valence-corrected chi connectivity index (χ2v) is 16.6. The molecule has 5 heteroatoms. The molecular weight excluding hydrogens is 574 g/mol. The lowest BCUT2D eigenvalue weighted by molar-refractivity contribution is 0.0211. The zero-order chi connectivity index (χ0) is 34.0. The van der Waals surface area contributed by atoms with Crippen LogP contribution in [0.2, 0.25) is 0 Å². The number of pyridine rings is 1. The summed E-state index contributed by atoms with van der Waals surface area (Å²) in [6.07, 6.45) is 20.4. The first-order valence-corrected chi connectivity index (χ1v) is 19.2. The molecule has 0 bridgehead atoms. The molecule has 6 atom stereocenters. The van der Waals surface area contributed by atoms with Crippen molar-refractivity contribution in [3.05, 3.63) is 53.8 Å². The summed E-state index contributed by atoms with van der Waals surface area (Å²) in [4.78, 5) is 4.70. The Balaban J connectivity index is 1.37. The van der Waals surface area contributed by atoms with Gasteiger partial charge in [-0.3, -0.25) is 5.01 Å². The molecule has 3 aliphatic carbocycles. The lowest BCUT2D eigenvalue weighted by Crippen LogP contribution is -2.59. The number of hydrogen-bond acceptors (Lipinski definition) is 5. The van der Waals surface area contributed by atoms with E-state index in [1.165, 1.54) is 64.2 Å². The number of nitrogens with zero attached hydrogens (tertiary/aromatic N) is 2. The number of hydrogen-bond donors (Lipinski definition) is 3. The first kappa shape index (κ1) is 35.9. The van der Waals surface area contributed by atoms with Crippen LogP contribution in [0.25, 0.3) is 10.9 Å². The van der Waals surface area contributed by atoms with E-state index >= 15 is 0 Å². The Hall–Kier alpha value is -2.37. The minimum absolute atomic E-state index is 0.183. The third-order valence-electron chi connectivity index (χ3n) is 13.2. The van der Waals surface area contributed by atoms with E-state index in [1.807, 2.05) is 6.07 Å². The van der Waals surface area contributed by atoms with Crippen LogP contribution in [-0.4, -0.2) is 23.6 Å². The third kappa shape index (κ3) is 7.04. The first-order chi connectivity index (χ1) is 22.4. The second kappa shape index (κ2) is 14.6. The number of fused-ring (bicyclic) bond motifs is 2. The highest BCUT2D eigenvalue weighted by molar-refractivity contribution is 5.96. The van der Waals surface area contributed by atoms with Gasteiger partial charge in [0, 0.05) is 28.2 Å². The first-order valence-electron chi connectivity index (χ1n) is 19.2. The van der Waals surface area contributed by atoms with E-state index in [4.69, 9.17) is 10.7 Å². The Morgan fingerprint density at radius 3 is 2.60 bits per heavy atom. The molecule has 2 saturated carbocycles. The molecule has 5 nitrogen and oxygen atoms in total. The van der Waals surface area contributed by atoms with Crippen molar-refractivity contribution in [2.24, 2.45) is 28.6 Å². The Labute approximate surface area is 287 Å². The molecule has 2 aromatic rings. The molecule has 0 aliphatic heterocycles. The number of aromatic nitrogens is 1. The zero-order valence-corrected chi connectivity index (χ0v) is 31.3. The molecule has 3 aliphatic rings. The van der Waals surface area contributed by atoms with E-state index in [-0.39, 0.29) is 11.0 Å². The number of unbranched alkanes of at least 4 members (excludes halogenated alkanes) is 1. The Kier molecular flexibility index (Phi) is 11.2. The van der Waals surface area contributed by atoms with Crippen molar-refractivity contribution in [1.29, 1.82) is 0 Å². The molecule has 4 N–H and O–H groups in total. The van der Waals surface area contributed by atoms with E-state index in [9.17, 15) is 0 Å². The monoisotopic (exact) mass is 642 g/mol. The van der Waals surface area contributed by atoms with Crippen LogP contribution in [0, 0.1) is 35.5 Å². The highest BCUT2D eigenvalue weighted by Gasteiger charge is 2.57. The highest BCUT2D eigenvalue weighted by Crippen LogP contribution is 2.61. The van der Waals surface area contributed by atoms with Crippen LogP contribution in [0.3, 0.4) is 0 Å². The fourth-order valence-corrected chi connectivity index (χ4v) is 10.4. The molecule has 47 heavy (non-hydrogen) atoms. The summed E-state index contributed by atoms with van der Waals surface area (Å²) in [5, 5.41) is 7.42. The van der Waals surface area contributed by atoms with Crippen LogP contribution in [0.15, 0.2) is 48.2 Å². The van der Waals surface area contributed by atoms with Crippen LogP contribution < -0.4 is 21.5 Å². The summed E-state index contributed by atoms with van der Waals surface area (Å²) in [6, 6.07) is 8.69. The van der Waals surface area contributed by atoms with E-state index in [0.29, 0.717) is 17.3 Å². The predicted molar refractivity (Wildman–Crippen MR) is 203 cm³/mol. The van der Waals surface area contributed by atoms with Gasteiger partial charge in [-0.05, 0) is 113 Å².